The van der Waals surface area contributed by atoms with Crippen molar-refractivity contribution in [2.75, 3.05) is 20.8 Å². The second-order valence-corrected chi connectivity index (χ2v) is 5.83. The van der Waals surface area contributed by atoms with Gasteiger partial charge in [-0.3, -0.25) is 4.79 Å². The highest BCUT2D eigenvalue weighted by molar-refractivity contribution is 5.82. The molecule has 1 atom stereocenters. The van der Waals surface area contributed by atoms with Crippen LogP contribution in [0.3, 0.4) is 0 Å². The van der Waals surface area contributed by atoms with Gasteiger partial charge >= 0.3 is 5.97 Å². The molecule has 0 aromatic heterocycles. The molecule has 0 saturated carbocycles. The lowest BCUT2D eigenvalue weighted by Gasteiger charge is -2.15. The Morgan fingerprint density at radius 1 is 1.25 bits per heavy atom. The van der Waals surface area contributed by atoms with Crippen molar-refractivity contribution in [3.8, 4) is 22.6 Å². The van der Waals surface area contributed by atoms with Crippen LogP contribution in [0.15, 0.2) is 30.3 Å². The van der Waals surface area contributed by atoms with Crippen molar-refractivity contribution in [1.82, 2.24) is 0 Å². The third-order valence-corrected chi connectivity index (χ3v) is 4.18. The van der Waals surface area contributed by atoms with Gasteiger partial charge in [0, 0.05) is 11.1 Å². The summed E-state index contributed by atoms with van der Waals surface area (Å²) in [7, 11) is 2.97. The van der Waals surface area contributed by atoms with E-state index < -0.39 is 6.10 Å². The lowest BCUT2D eigenvalue weighted by atomic mass is 9.93. The molecule has 1 N–H and O–H groups in total. The Balaban J connectivity index is 2.18. The van der Waals surface area contributed by atoms with Crippen LogP contribution in [0.2, 0.25) is 0 Å². The van der Waals surface area contributed by atoms with Crippen molar-refractivity contribution < 1.29 is 24.1 Å². The van der Waals surface area contributed by atoms with Crippen LogP contribution in [0, 0.1) is 6.92 Å². The second kappa shape index (κ2) is 6.53. The first-order valence-corrected chi connectivity index (χ1v) is 7.73. The van der Waals surface area contributed by atoms with Crippen LogP contribution in [0.5, 0.6) is 11.5 Å². The lowest BCUT2D eigenvalue weighted by molar-refractivity contribution is -0.139. The van der Waals surface area contributed by atoms with Gasteiger partial charge in [-0.25, -0.2) is 0 Å². The summed E-state index contributed by atoms with van der Waals surface area (Å²) in [6.07, 6.45) is -0.477. The van der Waals surface area contributed by atoms with Gasteiger partial charge in [0.15, 0.2) is 0 Å². The zero-order chi connectivity index (χ0) is 17.3. The summed E-state index contributed by atoms with van der Waals surface area (Å²) in [6.45, 7) is 2.21. The predicted octanol–water partition coefficient (Wildman–Crippen LogP) is 2.81. The minimum Gasteiger partial charge on any atom is -0.497 e. The molecular formula is C19H20O5. The highest BCUT2D eigenvalue weighted by Crippen LogP contribution is 2.43. The van der Waals surface area contributed by atoms with Gasteiger partial charge in [0.25, 0.3) is 0 Å². The van der Waals surface area contributed by atoms with E-state index in [1.54, 1.807) is 7.11 Å². The number of hydrogen-bond acceptors (Lipinski definition) is 5. The predicted molar refractivity (Wildman–Crippen MR) is 89.3 cm³/mol. The van der Waals surface area contributed by atoms with E-state index in [4.69, 9.17) is 14.2 Å². The normalized spacial score (nSPS) is 15.6. The topological polar surface area (TPSA) is 65.0 Å². The van der Waals surface area contributed by atoms with Gasteiger partial charge in [-0.2, -0.15) is 0 Å². The summed E-state index contributed by atoms with van der Waals surface area (Å²) in [4.78, 5) is 11.7. The van der Waals surface area contributed by atoms with Gasteiger partial charge in [0.05, 0.1) is 20.6 Å². The molecule has 0 radical (unpaired) electrons. The average Bonchev–Trinajstić information content (AvgIpc) is 2.95. The smallest absolute Gasteiger partial charge is 0.309 e. The Hall–Kier alpha value is -2.53. The fraction of sp³-hybridized carbons (Fsp3) is 0.316. The molecule has 0 aliphatic carbocycles. The van der Waals surface area contributed by atoms with Crippen molar-refractivity contribution in [3.05, 3.63) is 47.0 Å². The Morgan fingerprint density at radius 2 is 2.04 bits per heavy atom. The van der Waals surface area contributed by atoms with Crippen molar-refractivity contribution in [1.29, 1.82) is 0 Å². The largest absolute Gasteiger partial charge is 0.497 e. The maximum absolute atomic E-state index is 11.7. The molecule has 0 fully saturated rings. The summed E-state index contributed by atoms with van der Waals surface area (Å²) in [5.74, 6) is 1.03. The van der Waals surface area contributed by atoms with E-state index in [1.165, 1.54) is 7.11 Å². The van der Waals surface area contributed by atoms with Crippen LogP contribution in [-0.4, -0.2) is 31.9 Å². The standard InChI is InChI=1S/C19H20O5/c1-11-6-15(19-16(7-11)17(20)10-24-19)14-9-13(22-2)5-4-12(14)8-18(21)23-3/h4-7,9,17,20H,8,10H2,1-3H3. The number of rotatable bonds is 4. The Labute approximate surface area is 140 Å². The molecule has 126 valence electrons. The first-order valence-electron chi connectivity index (χ1n) is 7.73. The molecule has 5 heteroatoms. The number of benzene rings is 2. The number of aliphatic hydroxyl groups is 1. The number of methoxy groups -OCH3 is 2. The summed E-state index contributed by atoms with van der Waals surface area (Å²) in [5, 5.41) is 10.1. The molecule has 2 aromatic rings. The highest BCUT2D eigenvalue weighted by atomic mass is 16.5. The summed E-state index contributed by atoms with van der Waals surface area (Å²) in [6, 6.07) is 9.46. The van der Waals surface area contributed by atoms with E-state index in [1.807, 2.05) is 37.3 Å². The number of aryl methyl sites for hydroxylation is 1. The maximum atomic E-state index is 11.7. The van der Waals surface area contributed by atoms with Crippen molar-refractivity contribution in [2.45, 2.75) is 19.4 Å². The minimum absolute atomic E-state index is 0.154. The van der Waals surface area contributed by atoms with Crippen LogP contribution in [-0.2, 0) is 16.0 Å². The van der Waals surface area contributed by atoms with E-state index >= 15 is 0 Å². The Bertz CT molecular complexity index is 782. The number of carbonyl (C=O) groups is 1. The van der Waals surface area contributed by atoms with E-state index in [0.717, 1.165) is 27.8 Å². The second-order valence-electron chi connectivity index (χ2n) is 5.83. The SMILES string of the molecule is COC(=O)Cc1ccc(OC)cc1-c1cc(C)cc2c1OCC2O. The first-order chi connectivity index (χ1) is 11.5. The van der Waals surface area contributed by atoms with Gasteiger partial charge in [-0.1, -0.05) is 6.07 Å². The number of esters is 1. The van der Waals surface area contributed by atoms with Crippen molar-refractivity contribution in [2.24, 2.45) is 0 Å². The lowest BCUT2D eigenvalue weighted by Crippen LogP contribution is -2.06. The van der Waals surface area contributed by atoms with E-state index in [2.05, 4.69) is 0 Å². The van der Waals surface area contributed by atoms with E-state index in [0.29, 0.717) is 11.5 Å². The third kappa shape index (κ3) is 2.95. The van der Waals surface area contributed by atoms with Gasteiger partial charge in [-0.15, -0.1) is 0 Å². The molecule has 0 bridgehead atoms. The molecule has 5 nitrogen and oxygen atoms in total. The maximum Gasteiger partial charge on any atom is 0.309 e. The summed E-state index contributed by atoms with van der Waals surface area (Å²) in [5.41, 5.74) is 4.30. The fourth-order valence-corrected chi connectivity index (χ4v) is 2.98. The van der Waals surface area contributed by atoms with Crippen LogP contribution in [0.25, 0.3) is 11.1 Å². The Kier molecular flexibility index (Phi) is 4.44. The molecule has 1 aliphatic rings. The summed E-state index contributed by atoms with van der Waals surface area (Å²) >= 11 is 0. The Morgan fingerprint density at radius 3 is 2.75 bits per heavy atom. The first kappa shape index (κ1) is 16.3. The van der Waals surface area contributed by atoms with Crippen LogP contribution >= 0.6 is 0 Å². The van der Waals surface area contributed by atoms with Crippen LogP contribution in [0.1, 0.15) is 22.8 Å². The fourth-order valence-electron chi connectivity index (χ4n) is 2.98. The molecule has 1 aliphatic heterocycles. The number of aliphatic hydroxyl groups excluding tert-OH is 1. The van der Waals surface area contributed by atoms with E-state index in [-0.39, 0.29) is 19.0 Å². The van der Waals surface area contributed by atoms with Crippen LogP contribution < -0.4 is 9.47 Å². The third-order valence-electron chi connectivity index (χ3n) is 4.18. The molecule has 0 amide bonds. The zero-order valence-corrected chi connectivity index (χ0v) is 14.0. The molecular weight excluding hydrogens is 308 g/mol. The number of ether oxygens (including phenoxy) is 3. The quantitative estimate of drug-likeness (QED) is 0.874. The number of fused-ring (bicyclic) bond motifs is 1. The number of carbonyl (C=O) groups excluding carboxylic acids is 1. The van der Waals surface area contributed by atoms with Gasteiger partial charge in [0.2, 0.25) is 0 Å². The molecule has 1 heterocycles. The van der Waals surface area contributed by atoms with Crippen molar-refractivity contribution in [3.63, 3.8) is 0 Å². The molecule has 0 spiro atoms. The zero-order valence-electron chi connectivity index (χ0n) is 14.0. The summed E-state index contributed by atoms with van der Waals surface area (Å²) < 4.78 is 15.8. The molecule has 2 aromatic carbocycles. The van der Waals surface area contributed by atoms with E-state index in [9.17, 15) is 9.90 Å². The average molecular weight is 328 g/mol. The molecule has 3 rings (SSSR count). The van der Waals surface area contributed by atoms with Crippen LogP contribution in [0.4, 0.5) is 0 Å². The van der Waals surface area contributed by atoms with Gasteiger partial charge < -0.3 is 19.3 Å². The van der Waals surface area contributed by atoms with Crippen molar-refractivity contribution >= 4 is 5.97 Å². The molecule has 0 saturated heterocycles. The molecule has 24 heavy (non-hydrogen) atoms. The number of hydrogen-bond donors (Lipinski definition) is 1. The minimum atomic E-state index is -0.631. The van der Waals surface area contributed by atoms with Gasteiger partial charge in [-0.05, 0) is 47.9 Å². The van der Waals surface area contributed by atoms with Gasteiger partial charge in [0.1, 0.15) is 24.2 Å². The highest BCUT2D eigenvalue weighted by Gasteiger charge is 2.27. The monoisotopic (exact) mass is 328 g/mol. The molecule has 1 unspecified atom stereocenters.